The number of amides is 1. The fraction of sp³-hybridized carbons (Fsp3) is 0.500. The van der Waals surface area contributed by atoms with Crippen LogP contribution in [0.4, 0.5) is 5.82 Å². The number of thioether (sulfide) groups is 1. The van der Waals surface area contributed by atoms with Crippen molar-refractivity contribution in [3.05, 3.63) is 45.2 Å². The van der Waals surface area contributed by atoms with Crippen LogP contribution in [0, 0.1) is 5.92 Å². The Balaban J connectivity index is 1.70. The Kier molecular flexibility index (Phi) is 7.30. The normalized spacial score (nSPS) is 19.0. The first-order valence-corrected chi connectivity index (χ1v) is 12.8. The van der Waals surface area contributed by atoms with Gasteiger partial charge in [0.15, 0.2) is 0 Å². The molecule has 2 fully saturated rings. The number of unbranched alkanes of at least 4 members (excludes halogenated alkanes) is 1. The molecule has 2 saturated heterocycles. The number of pyridine rings is 1. The van der Waals surface area contributed by atoms with Gasteiger partial charge in [0.1, 0.15) is 15.8 Å². The average Bonchev–Trinajstić information content (AvgIpc) is 3.42. The van der Waals surface area contributed by atoms with Gasteiger partial charge in [0.05, 0.1) is 10.5 Å². The molecule has 0 spiro atoms. The van der Waals surface area contributed by atoms with Crippen LogP contribution in [0.3, 0.4) is 0 Å². The second-order valence-corrected chi connectivity index (χ2v) is 10.2. The second-order valence-electron chi connectivity index (χ2n) is 8.49. The predicted molar refractivity (Wildman–Crippen MR) is 136 cm³/mol. The summed E-state index contributed by atoms with van der Waals surface area (Å²) >= 11 is 6.85. The van der Waals surface area contributed by atoms with Crippen molar-refractivity contribution in [2.45, 2.75) is 52.4 Å². The molecule has 2 aliphatic heterocycles. The molecule has 0 radical (unpaired) electrons. The minimum Gasteiger partial charge on any atom is -0.356 e. The Morgan fingerprint density at radius 2 is 2.00 bits per heavy atom. The first-order chi connectivity index (χ1) is 15.5. The summed E-state index contributed by atoms with van der Waals surface area (Å²) in [6, 6.07) is 5.53. The van der Waals surface area contributed by atoms with Gasteiger partial charge in [-0.25, -0.2) is 4.98 Å². The Morgan fingerprint density at radius 1 is 1.22 bits per heavy atom. The van der Waals surface area contributed by atoms with E-state index < -0.39 is 0 Å². The Morgan fingerprint density at radius 3 is 2.72 bits per heavy atom. The van der Waals surface area contributed by atoms with Gasteiger partial charge in [-0.05, 0) is 43.4 Å². The number of hydrogen-bond donors (Lipinski definition) is 0. The maximum absolute atomic E-state index is 13.4. The fourth-order valence-electron chi connectivity index (χ4n) is 4.35. The molecule has 0 saturated carbocycles. The number of nitrogens with zero attached hydrogens (tertiary/aromatic N) is 4. The van der Waals surface area contributed by atoms with Gasteiger partial charge in [0, 0.05) is 25.8 Å². The van der Waals surface area contributed by atoms with E-state index in [0.717, 1.165) is 51.6 Å². The van der Waals surface area contributed by atoms with Crippen molar-refractivity contribution in [2.75, 3.05) is 24.5 Å². The maximum atomic E-state index is 13.4. The quantitative estimate of drug-likeness (QED) is 0.411. The van der Waals surface area contributed by atoms with E-state index in [2.05, 4.69) is 18.7 Å². The largest absolute Gasteiger partial charge is 0.356 e. The van der Waals surface area contributed by atoms with E-state index in [1.807, 2.05) is 18.2 Å². The number of carbonyl (C=O) groups excluding carboxylic acids is 1. The predicted octanol–water partition coefficient (Wildman–Crippen LogP) is 4.71. The van der Waals surface area contributed by atoms with Crippen molar-refractivity contribution < 1.29 is 4.79 Å². The van der Waals surface area contributed by atoms with E-state index >= 15 is 0 Å². The smallest absolute Gasteiger partial charge is 0.267 e. The van der Waals surface area contributed by atoms with E-state index in [0.29, 0.717) is 38.7 Å². The first-order valence-electron chi connectivity index (χ1n) is 11.5. The summed E-state index contributed by atoms with van der Waals surface area (Å²) in [6.45, 7) is 6.73. The molecule has 170 valence electrons. The first kappa shape index (κ1) is 23.0. The van der Waals surface area contributed by atoms with Gasteiger partial charge < -0.3 is 4.90 Å². The average molecular weight is 471 g/mol. The summed E-state index contributed by atoms with van der Waals surface area (Å²) in [6.07, 6.45) is 10.0. The summed E-state index contributed by atoms with van der Waals surface area (Å²) in [7, 11) is 0. The van der Waals surface area contributed by atoms with Crippen LogP contribution in [-0.4, -0.2) is 44.1 Å². The minimum absolute atomic E-state index is 0.0973. The highest BCUT2D eigenvalue weighted by Gasteiger charge is 2.34. The SMILES string of the molecule is CCCC[C@H](CC)CN1C(=O)/C(=C/c2c(N3CCCC3)nc3ccccn3c2=O)SC1=S. The molecule has 2 aromatic heterocycles. The van der Waals surface area contributed by atoms with E-state index in [1.54, 1.807) is 21.6 Å². The molecule has 6 nitrogen and oxygen atoms in total. The molecule has 1 amide bonds. The minimum atomic E-state index is -0.155. The lowest BCUT2D eigenvalue weighted by atomic mass is 9.99. The number of aromatic nitrogens is 2. The number of rotatable bonds is 8. The summed E-state index contributed by atoms with van der Waals surface area (Å²) in [5, 5.41) is 0. The molecule has 0 N–H and O–H groups in total. The monoisotopic (exact) mass is 470 g/mol. The molecule has 2 aliphatic rings. The van der Waals surface area contributed by atoms with Crippen LogP contribution in [0.1, 0.15) is 57.9 Å². The Labute approximate surface area is 198 Å². The third-order valence-electron chi connectivity index (χ3n) is 6.29. The standard InChI is InChI=1S/C24H30N4O2S2/c1-3-5-10-17(4-2)16-28-23(30)19(32-24(28)31)15-18-21(26-12-8-9-13-26)25-20-11-6-7-14-27(20)22(18)29/h6-7,11,14-15,17H,3-5,8-10,12-13,16H2,1-2H3/b19-15-/t17-/m0/s1. The van der Waals surface area contributed by atoms with Crippen molar-refractivity contribution in [2.24, 2.45) is 5.92 Å². The van der Waals surface area contributed by atoms with E-state index in [4.69, 9.17) is 17.2 Å². The van der Waals surface area contributed by atoms with Gasteiger partial charge in [0.2, 0.25) is 0 Å². The zero-order chi connectivity index (χ0) is 22.7. The van der Waals surface area contributed by atoms with Crippen LogP contribution in [0.15, 0.2) is 34.1 Å². The third-order valence-corrected chi connectivity index (χ3v) is 7.67. The van der Waals surface area contributed by atoms with Gasteiger partial charge in [-0.2, -0.15) is 0 Å². The van der Waals surface area contributed by atoms with Crippen LogP contribution in [0.2, 0.25) is 0 Å². The fourth-order valence-corrected chi connectivity index (χ4v) is 5.61. The summed E-state index contributed by atoms with van der Waals surface area (Å²) < 4.78 is 2.12. The van der Waals surface area contributed by atoms with Crippen molar-refractivity contribution >= 4 is 51.7 Å². The van der Waals surface area contributed by atoms with Crippen molar-refractivity contribution in [3.63, 3.8) is 0 Å². The molecular weight excluding hydrogens is 440 g/mol. The molecule has 0 unspecified atom stereocenters. The van der Waals surface area contributed by atoms with Crippen molar-refractivity contribution in [1.29, 1.82) is 0 Å². The highest BCUT2D eigenvalue weighted by Crippen LogP contribution is 2.35. The van der Waals surface area contributed by atoms with Crippen LogP contribution in [0.25, 0.3) is 11.7 Å². The number of hydrogen-bond acceptors (Lipinski definition) is 6. The summed E-state index contributed by atoms with van der Waals surface area (Å²) in [5.41, 5.74) is 0.928. The number of fused-ring (bicyclic) bond motifs is 1. The zero-order valence-electron chi connectivity index (χ0n) is 18.7. The third kappa shape index (κ3) is 4.62. The molecule has 1 atom stereocenters. The Hall–Kier alpha value is -2.19. The topological polar surface area (TPSA) is 57.9 Å². The van der Waals surface area contributed by atoms with Crippen molar-refractivity contribution in [1.82, 2.24) is 14.3 Å². The zero-order valence-corrected chi connectivity index (χ0v) is 20.4. The van der Waals surface area contributed by atoms with Crippen LogP contribution < -0.4 is 10.5 Å². The van der Waals surface area contributed by atoms with E-state index in [9.17, 15) is 9.59 Å². The molecule has 0 aliphatic carbocycles. The van der Waals surface area contributed by atoms with Crippen LogP contribution in [-0.2, 0) is 4.79 Å². The Bertz CT molecular complexity index is 1100. The van der Waals surface area contributed by atoms with Gasteiger partial charge in [-0.3, -0.25) is 18.9 Å². The van der Waals surface area contributed by atoms with E-state index in [-0.39, 0.29) is 11.5 Å². The number of thiocarbonyl (C=S) groups is 1. The molecule has 4 heterocycles. The van der Waals surface area contributed by atoms with Crippen molar-refractivity contribution in [3.8, 4) is 0 Å². The number of carbonyl (C=O) groups is 1. The molecule has 8 heteroatoms. The molecule has 0 aromatic carbocycles. The second kappa shape index (κ2) is 10.2. The number of anilines is 1. The highest BCUT2D eigenvalue weighted by atomic mass is 32.2. The summed E-state index contributed by atoms with van der Waals surface area (Å²) in [5.74, 6) is 1.00. The van der Waals surface area contributed by atoms with Gasteiger partial charge in [0.25, 0.3) is 11.5 Å². The van der Waals surface area contributed by atoms with Gasteiger partial charge in [-0.15, -0.1) is 0 Å². The van der Waals surface area contributed by atoms with Crippen LogP contribution >= 0.6 is 24.0 Å². The lowest BCUT2D eigenvalue weighted by Gasteiger charge is -2.22. The summed E-state index contributed by atoms with van der Waals surface area (Å²) in [4.78, 5) is 35.8. The molecule has 0 bridgehead atoms. The molecule has 2 aromatic rings. The lowest BCUT2D eigenvalue weighted by Crippen LogP contribution is -2.33. The lowest BCUT2D eigenvalue weighted by molar-refractivity contribution is -0.122. The molecule has 32 heavy (non-hydrogen) atoms. The highest BCUT2D eigenvalue weighted by molar-refractivity contribution is 8.26. The van der Waals surface area contributed by atoms with Gasteiger partial charge in [-0.1, -0.05) is 63.2 Å². The van der Waals surface area contributed by atoms with E-state index in [1.165, 1.54) is 11.8 Å². The molecular formula is C24H30N4O2S2. The van der Waals surface area contributed by atoms with Crippen LogP contribution in [0.5, 0.6) is 0 Å². The molecule has 4 rings (SSSR count). The van der Waals surface area contributed by atoms with Gasteiger partial charge >= 0.3 is 0 Å². The maximum Gasteiger partial charge on any atom is 0.267 e.